The van der Waals surface area contributed by atoms with Crippen LogP contribution < -0.4 is 19.1 Å². The third-order valence-electron chi connectivity index (χ3n) is 6.35. The largest absolute Gasteiger partial charge is 0.493 e. The summed E-state index contributed by atoms with van der Waals surface area (Å²) in [5.41, 5.74) is 5.35. The Labute approximate surface area is 226 Å². The van der Waals surface area contributed by atoms with E-state index in [1.165, 1.54) is 29.7 Å². The van der Waals surface area contributed by atoms with Crippen molar-refractivity contribution in [2.75, 3.05) is 25.2 Å². The highest BCUT2D eigenvalue weighted by atomic mass is 32.1. The van der Waals surface area contributed by atoms with Crippen LogP contribution in [0.25, 0.3) is 31.8 Å². The monoisotopic (exact) mass is 545 g/mol. The van der Waals surface area contributed by atoms with Gasteiger partial charge in [-0.05, 0) is 49.2 Å². The molecule has 12 heteroatoms. The molecule has 0 saturated heterocycles. The fourth-order valence-electron chi connectivity index (χ4n) is 4.55. The van der Waals surface area contributed by atoms with Crippen molar-refractivity contribution in [1.82, 2.24) is 19.9 Å². The van der Waals surface area contributed by atoms with Gasteiger partial charge < -0.3 is 24.4 Å². The van der Waals surface area contributed by atoms with E-state index in [0.29, 0.717) is 23.1 Å². The van der Waals surface area contributed by atoms with E-state index < -0.39 is 12.2 Å². The van der Waals surface area contributed by atoms with Crippen LogP contribution in [0.15, 0.2) is 42.7 Å². The summed E-state index contributed by atoms with van der Waals surface area (Å²) in [5, 5.41) is 20.0. The lowest BCUT2D eigenvalue weighted by atomic mass is 10.1. The van der Waals surface area contributed by atoms with Crippen molar-refractivity contribution in [1.29, 1.82) is 0 Å². The van der Waals surface area contributed by atoms with Crippen LogP contribution >= 0.6 is 11.3 Å². The van der Waals surface area contributed by atoms with Crippen molar-refractivity contribution in [3.8, 4) is 33.8 Å². The normalized spacial score (nSPS) is 14.5. The number of thiazole rings is 1. The molecule has 0 fully saturated rings. The number of hydrogen-bond donors (Lipinski definition) is 2. The quantitative estimate of drug-likeness (QED) is 0.311. The van der Waals surface area contributed by atoms with E-state index in [2.05, 4.69) is 15.0 Å². The third-order valence-corrected chi connectivity index (χ3v) is 7.44. The summed E-state index contributed by atoms with van der Waals surface area (Å²) < 4.78 is 18.5. The number of carbonyl (C=O) groups is 1. The molecule has 198 valence electrons. The molecule has 11 nitrogen and oxygen atoms in total. The van der Waals surface area contributed by atoms with Gasteiger partial charge in [-0.15, -0.1) is 11.3 Å². The minimum atomic E-state index is -1.17. The van der Waals surface area contributed by atoms with Gasteiger partial charge in [0.05, 0.1) is 48.3 Å². The maximum Gasteiger partial charge on any atom is 0.411 e. The average molecular weight is 546 g/mol. The number of fused-ring (bicyclic) bond motifs is 4. The molecule has 1 amide bonds. The number of methoxy groups -OCH3 is 1. The highest BCUT2D eigenvalue weighted by molar-refractivity contribution is 7.22. The zero-order valence-corrected chi connectivity index (χ0v) is 22.0. The van der Waals surface area contributed by atoms with E-state index in [-0.39, 0.29) is 19.0 Å². The Hall–Kier alpha value is -4.71. The predicted molar refractivity (Wildman–Crippen MR) is 145 cm³/mol. The highest BCUT2D eigenvalue weighted by Gasteiger charge is 2.30. The molecule has 2 aromatic carbocycles. The van der Waals surface area contributed by atoms with Crippen molar-refractivity contribution in [3.63, 3.8) is 0 Å². The maximum atomic E-state index is 11.9. The molecule has 2 N–H and O–H groups in total. The number of pyridine rings is 1. The van der Waals surface area contributed by atoms with Crippen molar-refractivity contribution in [2.45, 2.75) is 20.0 Å². The minimum Gasteiger partial charge on any atom is -0.493 e. The molecule has 0 aliphatic carbocycles. The zero-order valence-electron chi connectivity index (χ0n) is 21.2. The van der Waals surface area contributed by atoms with Crippen LogP contribution in [0.5, 0.6) is 23.3 Å². The van der Waals surface area contributed by atoms with Gasteiger partial charge in [0.2, 0.25) is 11.8 Å². The first-order valence-electron chi connectivity index (χ1n) is 12.0. The Kier molecular flexibility index (Phi) is 6.03. The molecule has 4 heterocycles. The molecular formula is C27H23N5O6S. The first kappa shape index (κ1) is 24.6. The lowest BCUT2D eigenvalue weighted by Gasteiger charge is -2.30. The molecular weight excluding hydrogens is 522 g/mol. The van der Waals surface area contributed by atoms with Gasteiger partial charge in [-0.1, -0.05) is 0 Å². The number of anilines is 1. The van der Waals surface area contributed by atoms with Gasteiger partial charge in [0.15, 0.2) is 17.6 Å². The lowest BCUT2D eigenvalue weighted by Crippen LogP contribution is -2.43. The lowest BCUT2D eigenvalue weighted by molar-refractivity contribution is 0.0961. The van der Waals surface area contributed by atoms with Crippen LogP contribution in [0.3, 0.4) is 0 Å². The molecule has 0 spiro atoms. The van der Waals surface area contributed by atoms with Gasteiger partial charge >= 0.3 is 6.09 Å². The van der Waals surface area contributed by atoms with Gasteiger partial charge in [-0.25, -0.2) is 24.7 Å². The fourth-order valence-corrected chi connectivity index (χ4v) is 5.70. The zero-order chi connectivity index (χ0) is 27.3. The number of aromatic hydroxyl groups is 1. The number of ether oxygens (including phenoxy) is 3. The SMILES string of the molecule is COc1cnc2c(-c3nc4c(C)cc5c(c4s3)OCC(CN(C(=O)O)c3ccc(O)nc3)O5)cc(C)cc2n1. The van der Waals surface area contributed by atoms with Gasteiger partial charge in [-0.3, -0.25) is 4.90 Å². The summed E-state index contributed by atoms with van der Waals surface area (Å²) >= 11 is 1.48. The molecule has 1 atom stereocenters. The first-order chi connectivity index (χ1) is 18.8. The predicted octanol–water partition coefficient (Wildman–Crippen LogP) is 4.96. The number of benzene rings is 2. The first-order valence-corrected chi connectivity index (χ1v) is 12.8. The average Bonchev–Trinajstić information content (AvgIpc) is 3.37. The second kappa shape index (κ2) is 9.55. The molecule has 3 aromatic heterocycles. The van der Waals surface area contributed by atoms with E-state index in [9.17, 15) is 15.0 Å². The molecule has 0 radical (unpaired) electrons. The number of aromatic nitrogens is 4. The molecule has 1 aliphatic rings. The summed E-state index contributed by atoms with van der Waals surface area (Å²) in [6, 6.07) is 8.67. The minimum absolute atomic E-state index is 0.0175. The number of aryl methyl sites for hydroxylation is 2. The number of rotatable bonds is 5. The van der Waals surface area contributed by atoms with Crippen LogP contribution in [-0.4, -0.2) is 62.6 Å². The second-order valence-electron chi connectivity index (χ2n) is 9.13. The number of hydrogen-bond acceptors (Lipinski definition) is 10. The van der Waals surface area contributed by atoms with Crippen LogP contribution in [0.4, 0.5) is 10.5 Å². The van der Waals surface area contributed by atoms with Gasteiger partial charge in [0.1, 0.15) is 16.3 Å². The van der Waals surface area contributed by atoms with Crippen molar-refractivity contribution >= 4 is 44.4 Å². The van der Waals surface area contributed by atoms with Crippen molar-refractivity contribution in [3.05, 3.63) is 53.9 Å². The Morgan fingerprint density at radius 2 is 2.00 bits per heavy atom. The van der Waals surface area contributed by atoms with E-state index >= 15 is 0 Å². The molecule has 0 saturated carbocycles. The molecule has 39 heavy (non-hydrogen) atoms. The molecule has 1 unspecified atom stereocenters. The summed E-state index contributed by atoms with van der Waals surface area (Å²) in [5.74, 6) is 1.35. The summed E-state index contributed by atoms with van der Waals surface area (Å²) in [6.45, 7) is 4.11. The van der Waals surface area contributed by atoms with Gasteiger partial charge in [0.25, 0.3) is 0 Å². The summed E-state index contributed by atoms with van der Waals surface area (Å²) in [7, 11) is 1.56. The Bertz CT molecular complexity index is 1740. The third kappa shape index (κ3) is 4.48. The van der Waals surface area contributed by atoms with Crippen molar-refractivity contribution < 1.29 is 29.2 Å². The van der Waals surface area contributed by atoms with Crippen molar-refractivity contribution in [2.24, 2.45) is 0 Å². The van der Waals surface area contributed by atoms with E-state index in [1.807, 2.05) is 32.0 Å². The summed E-state index contributed by atoms with van der Waals surface area (Å²) in [6.07, 6.45) is 1.16. The highest BCUT2D eigenvalue weighted by Crippen LogP contribution is 2.46. The topological polar surface area (TPSA) is 140 Å². The smallest absolute Gasteiger partial charge is 0.411 e. The summed E-state index contributed by atoms with van der Waals surface area (Å²) in [4.78, 5) is 30.9. The Balaban J connectivity index is 1.35. The maximum absolute atomic E-state index is 11.9. The Morgan fingerprint density at radius 3 is 2.74 bits per heavy atom. The van der Waals surface area contributed by atoms with E-state index in [4.69, 9.17) is 19.2 Å². The van der Waals surface area contributed by atoms with Gasteiger partial charge in [0, 0.05) is 11.6 Å². The number of carboxylic acid groups (broad SMARTS) is 1. The number of nitrogens with zero attached hydrogens (tertiary/aromatic N) is 5. The van der Waals surface area contributed by atoms with Gasteiger partial charge in [-0.2, -0.15) is 0 Å². The molecule has 1 aliphatic heterocycles. The molecule has 5 aromatic rings. The Morgan fingerprint density at radius 1 is 1.15 bits per heavy atom. The fraction of sp³-hybridized carbons (Fsp3) is 0.222. The standard InChI is InChI=1S/C27H23N5O6S/c1-13-6-17(23-18(7-13)30-21(36-3)10-29-23)26-31-22-14(2)8-19-24(25(22)39-26)37-12-16(38-19)11-32(27(34)35)15-4-5-20(33)28-9-15/h4-10,16H,11-12H2,1-3H3,(H,28,33)(H,34,35). The van der Waals surface area contributed by atoms with E-state index in [0.717, 1.165) is 47.8 Å². The van der Waals surface area contributed by atoms with E-state index in [1.54, 1.807) is 13.3 Å². The molecule has 0 bridgehead atoms. The molecule has 6 rings (SSSR count). The van der Waals surface area contributed by atoms with Crippen LogP contribution in [-0.2, 0) is 0 Å². The second-order valence-corrected chi connectivity index (χ2v) is 10.1. The van der Waals surface area contributed by atoms with Crippen LogP contribution in [0.2, 0.25) is 0 Å². The van der Waals surface area contributed by atoms with Crippen LogP contribution in [0, 0.1) is 13.8 Å². The van der Waals surface area contributed by atoms with Crippen LogP contribution in [0.1, 0.15) is 11.1 Å². The number of amides is 1.